The molecule has 30 heavy (non-hydrogen) atoms. The summed E-state index contributed by atoms with van der Waals surface area (Å²) in [4.78, 5) is 24.4. The van der Waals surface area contributed by atoms with Crippen molar-refractivity contribution in [2.24, 2.45) is 0 Å². The second kappa shape index (κ2) is 10.0. The summed E-state index contributed by atoms with van der Waals surface area (Å²) < 4.78 is 1.89. The molecule has 3 aromatic rings. The molecule has 156 valence electrons. The molecule has 1 N–H and O–H groups in total. The number of ketones is 1. The number of hydrogen-bond acceptors (Lipinski definition) is 3. The van der Waals surface area contributed by atoms with Crippen molar-refractivity contribution in [2.75, 3.05) is 6.54 Å². The summed E-state index contributed by atoms with van der Waals surface area (Å²) in [6, 6.07) is 15.7. The average molecular weight is 404 g/mol. The van der Waals surface area contributed by atoms with Crippen LogP contribution in [0.15, 0.2) is 54.7 Å². The summed E-state index contributed by atoms with van der Waals surface area (Å²) in [5, 5.41) is 7.50. The topological polar surface area (TPSA) is 64.0 Å². The predicted molar refractivity (Wildman–Crippen MR) is 119 cm³/mol. The smallest absolute Gasteiger partial charge is 0.220 e. The molecule has 0 spiro atoms. The molecule has 0 radical (unpaired) electrons. The van der Waals surface area contributed by atoms with Gasteiger partial charge in [-0.3, -0.25) is 9.59 Å². The summed E-state index contributed by atoms with van der Waals surface area (Å²) in [5.41, 5.74) is 6.15. The Kier molecular flexibility index (Phi) is 7.17. The van der Waals surface area contributed by atoms with Crippen molar-refractivity contribution in [3.05, 3.63) is 82.7 Å². The zero-order chi connectivity index (χ0) is 21.5. The summed E-state index contributed by atoms with van der Waals surface area (Å²) in [6.07, 6.45) is 4.18. The van der Waals surface area contributed by atoms with Gasteiger partial charge in [-0.25, -0.2) is 4.68 Å². The van der Waals surface area contributed by atoms with Crippen LogP contribution in [-0.2, 0) is 11.2 Å². The number of benzene rings is 2. The first-order valence-electron chi connectivity index (χ1n) is 10.4. The number of aryl methyl sites for hydroxylation is 4. The number of aromatic nitrogens is 2. The summed E-state index contributed by atoms with van der Waals surface area (Å²) in [5.74, 6) is -0.0684. The zero-order valence-corrected chi connectivity index (χ0v) is 17.9. The lowest BCUT2D eigenvalue weighted by Crippen LogP contribution is -2.25. The summed E-state index contributed by atoms with van der Waals surface area (Å²) in [6.45, 7) is 6.60. The number of carbonyl (C=O) groups excluding carboxylic acids is 2. The molecule has 1 heterocycles. The van der Waals surface area contributed by atoms with Crippen molar-refractivity contribution < 1.29 is 9.59 Å². The Morgan fingerprint density at radius 1 is 0.967 bits per heavy atom. The van der Waals surface area contributed by atoms with Gasteiger partial charge in [-0.15, -0.1) is 0 Å². The third-order valence-corrected chi connectivity index (χ3v) is 5.37. The predicted octanol–water partition coefficient (Wildman–Crippen LogP) is 4.51. The third kappa shape index (κ3) is 5.66. The molecule has 0 saturated carbocycles. The fraction of sp³-hybridized carbons (Fsp3) is 0.320. The molecule has 0 aliphatic carbocycles. The fourth-order valence-corrected chi connectivity index (χ4v) is 3.34. The molecule has 0 bridgehead atoms. The number of para-hydroxylation sites is 1. The molecule has 3 rings (SSSR count). The van der Waals surface area contributed by atoms with Crippen molar-refractivity contribution in [3.63, 3.8) is 0 Å². The number of Topliss-reactive ketones (excluding diaryl/α,β-unsaturated/α-hetero) is 1. The van der Waals surface area contributed by atoms with E-state index in [1.54, 1.807) is 0 Å². The minimum atomic E-state index is -0.0797. The van der Waals surface area contributed by atoms with Gasteiger partial charge in [0.1, 0.15) is 0 Å². The number of amides is 1. The molecule has 0 unspecified atom stereocenters. The van der Waals surface area contributed by atoms with Gasteiger partial charge in [-0.05, 0) is 68.5 Å². The lowest BCUT2D eigenvalue weighted by molar-refractivity contribution is -0.121. The molecular weight excluding hydrogens is 374 g/mol. The van der Waals surface area contributed by atoms with Gasteiger partial charge in [0.15, 0.2) is 5.78 Å². The van der Waals surface area contributed by atoms with Gasteiger partial charge in [0.2, 0.25) is 5.91 Å². The Labute approximate surface area is 178 Å². The molecule has 0 aliphatic heterocycles. The van der Waals surface area contributed by atoms with Crippen LogP contribution in [0.5, 0.6) is 0 Å². The standard InChI is InChI=1S/C25H29N3O2/c1-18-11-12-21(16-19(18)2)24(29)13-14-25(30)26-15-7-8-22-17-28(27-20(22)3)23-9-5-4-6-10-23/h4-6,9-12,16-17H,7-8,13-15H2,1-3H3,(H,26,30). The van der Waals surface area contributed by atoms with E-state index in [1.807, 2.05) is 74.0 Å². The number of rotatable bonds is 9. The quantitative estimate of drug-likeness (QED) is 0.422. The van der Waals surface area contributed by atoms with Crippen LogP contribution in [0.2, 0.25) is 0 Å². The van der Waals surface area contributed by atoms with Gasteiger partial charge in [0, 0.05) is 31.1 Å². The van der Waals surface area contributed by atoms with Gasteiger partial charge < -0.3 is 5.32 Å². The van der Waals surface area contributed by atoms with Crippen molar-refractivity contribution >= 4 is 11.7 Å². The Hall–Kier alpha value is -3.21. The van der Waals surface area contributed by atoms with Gasteiger partial charge in [0.05, 0.1) is 11.4 Å². The van der Waals surface area contributed by atoms with Gasteiger partial charge in [0.25, 0.3) is 0 Å². The van der Waals surface area contributed by atoms with Crippen LogP contribution in [0, 0.1) is 20.8 Å². The molecule has 1 aromatic heterocycles. The highest BCUT2D eigenvalue weighted by atomic mass is 16.2. The van der Waals surface area contributed by atoms with E-state index in [1.165, 1.54) is 5.56 Å². The van der Waals surface area contributed by atoms with E-state index in [0.29, 0.717) is 12.1 Å². The average Bonchev–Trinajstić information content (AvgIpc) is 3.12. The molecule has 0 saturated heterocycles. The SMILES string of the molecule is Cc1ccc(C(=O)CCC(=O)NCCCc2cn(-c3ccccc3)nc2C)cc1C. The van der Waals surface area contributed by atoms with Crippen LogP contribution in [0.4, 0.5) is 0 Å². The second-order valence-corrected chi connectivity index (χ2v) is 7.70. The Morgan fingerprint density at radius 3 is 2.47 bits per heavy atom. The molecule has 5 heteroatoms. The monoisotopic (exact) mass is 403 g/mol. The minimum Gasteiger partial charge on any atom is -0.356 e. The number of nitrogens with one attached hydrogen (secondary N) is 1. The van der Waals surface area contributed by atoms with E-state index >= 15 is 0 Å². The normalized spacial score (nSPS) is 10.8. The maximum absolute atomic E-state index is 12.3. The van der Waals surface area contributed by atoms with Crippen LogP contribution in [-0.4, -0.2) is 28.0 Å². The molecule has 2 aromatic carbocycles. The lowest BCUT2D eigenvalue weighted by Gasteiger charge is -2.06. The van der Waals surface area contributed by atoms with Gasteiger partial charge >= 0.3 is 0 Å². The zero-order valence-electron chi connectivity index (χ0n) is 17.9. The van der Waals surface area contributed by atoms with E-state index in [9.17, 15) is 9.59 Å². The van der Waals surface area contributed by atoms with Crippen LogP contribution in [0.25, 0.3) is 5.69 Å². The largest absolute Gasteiger partial charge is 0.356 e. The van der Waals surface area contributed by atoms with E-state index in [4.69, 9.17) is 0 Å². The summed E-state index contributed by atoms with van der Waals surface area (Å²) in [7, 11) is 0. The molecule has 1 amide bonds. The molecular formula is C25H29N3O2. The lowest BCUT2D eigenvalue weighted by atomic mass is 10.0. The minimum absolute atomic E-state index is 0.0113. The Bertz CT molecular complexity index is 1020. The number of hydrogen-bond donors (Lipinski definition) is 1. The van der Waals surface area contributed by atoms with Gasteiger partial charge in [-0.1, -0.05) is 30.3 Å². The van der Waals surface area contributed by atoms with Crippen LogP contribution >= 0.6 is 0 Å². The van der Waals surface area contributed by atoms with Crippen LogP contribution < -0.4 is 5.32 Å². The highest BCUT2D eigenvalue weighted by Gasteiger charge is 2.11. The van der Waals surface area contributed by atoms with Crippen molar-refractivity contribution in [2.45, 2.75) is 46.5 Å². The van der Waals surface area contributed by atoms with Gasteiger partial charge in [-0.2, -0.15) is 5.10 Å². The van der Waals surface area contributed by atoms with Crippen LogP contribution in [0.3, 0.4) is 0 Å². The van der Waals surface area contributed by atoms with E-state index in [0.717, 1.165) is 35.3 Å². The summed E-state index contributed by atoms with van der Waals surface area (Å²) >= 11 is 0. The third-order valence-electron chi connectivity index (χ3n) is 5.37. The first-order chi connectivity index (χ1) is 14.4. The Balaban J connectivity index is 1.40. The maximum Gasteiger partial charge on any atom is 0.220 e. The van der Waals surface area contributed by atoms with Crippen molar-refractivity contribution in [3.8, 4) is 5.69 Å². The molecule has 0 aliphatic rings. The maximum atomic E-state index is 12.3. The van der Waals surface area contributed by atoms with Crippen molar-refractivity contribution in [1.82, 2.24) is 15.1 Å². The highest BCUT2D eigenvalue weighted by Crippen LogP contribution is 2.14. The first-order valence-corrected chi connectivity index (χ1v) is 10.4. The molecule has 0 fully saturated rings. The molecule has 5 nitrogen and oxygen atoms in total. The number of nitrogens with zero attached hydrogens (tertiary/aromatic N) is 2. The van der Waals surface area contributed by atoms with E-state index in [2.05, 4.69) is 16.6 Å². The second-order valence-electron chi connectivity index (χ2n) is 7.70. The molecule has 0 atom stereocenters. The highest BCUT2D eigenvalue weighted by molar-refractivity contribution is 5.98. The Morgan fingerprint density at radius 2 is 1.73 bits per heavy atom. The van der Waals surface area contributed by atoms with E-state index in [-0.39, 0.29) is 24.5 Å². The first kappa shape index (κ1) is 21.5. The van der Waals surface area contributed by atoms with E-state index < -0.39 is 0 Å². The fourth-order valence-electron chi connectivity index (χ4n) is 3.34. The number of carbonyl (C=O) groups is 2. The van der Waals surface area contributed by atoms with Crippen molar-refractivity contribution in [1.29, 1.82) is 0 Å². The van der Waals surface area contributed by atoms with Crippen LogP contribution in [0.1, 0.15) is 52.0 Å².